The van der Waals surface area contributed by atoms with Gasteiger partial charge in [0.2, 0.25) is 0 Å². The number of benzene rings is 2. The van der Waals surface area contributed by atoms with Crippen LogP contribution in [-0.2, 0) is 21.9 Å². The van der Waals surface area contributed by atoms with Gasteiger partial charge in [0.25, 0.3) is 0 Å². The number of allylic oxidation sites excluding steroid dienone is 4. The Bertz CT molecular complexity index is 1340. The van der Waals surface area contributed by atoms with Gasteiger partial charge in [-0.15, -0.1) is 0 Å². The van der Waals surface area contributed by atoms with Crippen LogP contribution in [0.4, 0.5) is 0 Å². The average molecular weight is 491 g/mol. The molecule has 0 saturated heterocycles. The van der Waals surface area contributed by atoms with Crippen molar-refractivity contribution in [1.82, 2.24) is 0 Å². The second-order valence-electron chi connectivity index (χ2n) is 8.98. The fourth-order valence-corrected chi connectivity index (χ4v) is 11.5. The molecule has 2 aromatic carbocycles. The predicted octanol–water partition coefficient (Wildman–Crippen LogP) is 4.86. The van der Waals surface area contributed by atoms with Gasteiger partial charge in [-0.3, -0.25) is 0 Å². The number of hydrogen-bond acceptors (Lipinski definition) is 4. The third-order valence-electron chi connectivity index (χ3n) is 6.56. The van der Waals surface area contributed by atoms with E-state index >= 15 is 0 Å². The molecule has 8 nitrogen and oxygen atoms in total. The van der Waals surface area contributed by atoms with E-state index in [1.54, 1.807) is 22.3 Å². The van der Waals surface area contributed by atoms with Crippen molar-refractivity contribution in [2.24, 2.45) is 0 Å². The summed E-state index contributed by atoms with van der Waals surface area (Å²) in [6, 6.07) is 19.4. The molecule has 2 aliphatic rings. The van der Waals surface area contributed by atoms with Gasteiger partial charge < -0.3 is 0 Å². The molecule has 0 aromatic heterocycles. The van der Waals surface area contributed by atoms with Gasteiger partial charge in [0.05, 0.1) is 0 Å². The third kappa shape index (κ3) is 3.40. The molecule has 9 heteroatoms. The predicted molar refractivity (Wildman–Crippen MR) is 136 cm³/mol. The first-order chi connectivity index (χ1) is 16.7. The van der Waals surface area contributed by atoms with E-state index in [0.29, 0.717) is 11.5 Å². The van der Waals surface area contributed by atoms with Crippen molar-refractivity contribution in [3.63, 3.8) is 0 Å². The second-order valence-corrected chi connectivity index (χ2v) is 13.7. The van der Waals surface area contributed by atoms with Gasteiger partial charge in [0.15, 0.2) is 0 Å². The van der Waals surface area contributed by atoms with E-state index in [-0.39, 0.29) is 13.1 Å². The zero-order chi connectivity index (χ0) is 25.2. The van der Waals surface area contributed by atoms with Gasteiger partial charge in [-0.2, -0.15) is 0 Å². The first-order valence-corrected chi connectivity index (χ1v) is 14.0. The molecule has 2 heterocycles. The summed E-state index contributed by atoms with van der Waals surface area (Å²) >= 11 is 0. The van der Waals surface area contributed by atoms with Gasteiger partial charge in [-0.05, 0) is 0 Å². The molecule has 0 atom stereocenters. The third-order valence-corrected chi connectivity index (χ3v) is 12.6. The van der Waals surface area contributed by atoms with Crippen molar-refractivity contribution >= 4 is 19.2 Å². The van der Waals surface area contributed by atoms with E-state index in [2.05, 4.69) is 9.02 Å². The van der Waals surface area contributed by atoms with Crippen LogP contribution in [0.1, 0.15) is 38.8 Å². The van der Waals surface area contributed by atoms with Crippen LogP contribution in [0, 0.1) is 12.5 Å². The SMILES string of the molecule is CC1=CC(C)=[N+](Cc2ccccc2)[Si-2]2([N+]#CO)([N+]#CO)(O1)OC(C)=CC(C)=[N+]2Cc1ccccc1. The molecule has 0 amide bonds. The Morgan fingerprint density at radius 1 is 0.686 bits per heavy atom. The zero-order valence-corrected chi connectivity index (χ0v) is 21.3. The van der Waals surface area contributed by atoms with Crippen LogP contribution >= 0.6 is 0 Å². The fraction of sp³-hybridized carbons (Fsp3) is 0.231. The van der Waals surface area contributed by atoms with Gasteiger partial charge in [0, 0.05) is 0 Å². The summed E-state index contributed by atoms with van der Waals surface area (Å²) in [5.41, 5.74) is 3.29. The normalized spacial score (nSPS) is 21.1. The van der Waals surface area contributed by atoms with Crippen molar-refractivity contribution in [3.8, 4) is 12.5 Å². The minimum absolute atomic E-state index is 0.253. The monoisotopic (exact) mass is 490 g/mol. The number of aliphatic hydroxyl groups excluding tert-OH is 2. The van der Waals surface area contributed by atoms with Gasteiger partial charge in [0.1, 0.15) is 0 Å². The molecular weight excluding hydrogens is 460 g/mol. The van der Waals surface area contributed by atoms with E-state index in [1.807, 2.05) is 99.2 Å². The maximum atomic E-state index is 10.2. The van der Waals surface area contributed by atoms with Crippen molar-refractivity contribution in [1.29, 1.82) is 0 Å². The number of nitrogens with zero attached hydrogens (tertiary/aromatic N) is 4. The molecule has 0 unspecified atom stereocenters. The minimum atomic E-state index is -6.21. The first kappa shape index (κ1) is 23.8. The van der Waals surface area contributed by atoms with Crippen molar-refractivity contribution in [3.05, 3.63) is 104 Å². The molecule has 180 valence electrons. The van der Waals surface area contributed by atoms with Gasteiger partial charge in [-0.25, -0.2) is 0 Å². The van der Waals surface area contributed by atoms with Crippen molar-refractivity contribution in [2.45, 2.75) is 40.8 Å². The Morgan fingerprint density at radius 3 is 1.40 bits per heavy atom. The molecule has 35 heavy (non-hydrogen) atoms. The summed E-state index contributed by atoms with van der Waals surface area (Å²) in [7, 11) is -6.21. The number of hydrogen-bond donors (Lipinski definition) is 2. The molecule has 0 fully saturated rings. The standard InChI is InChI=1S/C26H30N4O4Si/c1-21-15-23(3)33-35(27-19-31,28-20-32,29(21)17-25-11-7-5-8-12-25)30(22(2)16-24(4)34-35)18-26-13-9-6-10-14-26/h5-16,31-32H,17-18H2,1-4H3/q+2. The number of aliphatic hydroxyl groups is 2. The van der Waals surface area contributed by atoms with Crippen LogP contribution < -0.4 is 0 Å². The maximum absolute atomic E-state index is 10.2. The van der Waals surface area contributed by atoms with Crippen LogP contribution in [0.15, 0.2) is 84.3 Å². The number of rotatable bonds is 4. The van der Waals surface area contributed by atoms with Gasteiger partial charge in [-0.1, -0.05) is 0 Å². The van der Waals surface area contributed by atoms with E-state index in [0.717, 1.165) is 22.6 Å². The fourth-order valence-electron chi connectivity index (χ4n) is 5.35. The molecule has 4 rings (SSSR count). The summed E-state index contributed by atoms with van der Waals surface area (Å²) in [5, 5.41) is 20.4. The van der Waals surface area contributed by atoms with Crippen LogP contribution in [-0.4, -0.2) is 37.9 Å². The Hall–Kier alpha value is -4.34. The summed E-state index contributed by atoms with van der Waals surface area (Å²) < 4.78 is 26.2. The molecular formula is C26H30N4O4Si+2. The molecule has 0 bridgehead atoms. The summed E-state index contributed by atoms with van der Waals surface area (Å²) in [5.74, 6) is 0.907. The van der Waals surface area contributed by atoms with Crippen molar-refractivity contribution in [2.75, 3.05) is 0 Å². The topological polar surface area (TPSA) is 73.7 Å². The molecule has 2 N–H and O–H groups in total. The van der Waals surface area contributed by atoms with E-state index in [1.165, 1.54) is 0 Å². The van der Waals surface area contributed by atoms with E-state index in [4.69, 9.17) is 8.85 Å². The molecule has 2 aromatic rings. The molecule has 0 radical (unpaired) electrons. The van der Waals surface area contributed by atoms with Crippen LogP contribution in [0.5, 0.6) is 0 Å². The average Bonchev–Trinajstić information content (AvgIpc) is 2.81. The molecule has 0 saturated carbocycles. The van der Waals surface area contributed by atoms with E-state index in [9.17, 15) is 10.2 Å². The zero-order valence-electron chi connectivity index (χ0n) is 20.3. The van der Waals surface area contributed by atoms with Crippen LogP contribution in [0.3, 0.4) is 0 Å². The summed E-state index contributed by atoms with van der Waals surface area (Å²) in [6.45, 7) is 7.82. The van der Waals surface area contributed by atoms with Crippen LogP contribution in [0.25, 0.3) is 9.02 Å². The van der Waals surface area contributed by atoms with E-state index < -0.39 is 7.76 Å². The van der Waals surface area contributed by atoms with Crippen molar-refractivity contribution < 1.29 is 27.5 Å². The second kappa shape index (κ2) is 8.15. The first-order valence-electron chi connectivity index (χ1n) is 11.4. The van der Waals surface area contributed by atoms with Crippen LogP contribution in [0.2, 0.25) is 0 Å². The summed E-state index contributed by atoms with van der Waals surface area (Å²) in [4.78, 5) is 0. The summed E-state index contributed by atoms with van der Waals surface area (Å²) in [6.07, 6.45) is 7.62. The van der Waals surface area contributed by atoms with Gasteiger partial charge >= 0.3 is 205 Å². The molecule has 2 aliphatic heterocycles. The molecule has 1 spiro atoms. The Balaban J connectivity index is 2.21. The Morgan fingerprint density at radius 2 is 1.06 bits per heavy atom. The Kier molecular flexibility index (Phi) is 5.54. The quantitative estimate of drug-likeness (QED) is 0.474. The molecule has 0 aliphatic carbocycles. The Labute approximate surface area is 204 Å².